The Morgan fingerprint density at radius 1 is 0.833 bits per heavy atom. The molecular formula is C21H34O3. The molecule has 136 valence electrons. The van der Waals surface area contributed by atoms with Crippen molar-refractivity contribution in [2.24, 2.45) is 0 Å². The number of aryl methyl sites for hydroxylation is 1. The Morgan fingerprint density at radius 3 is 2.17 bits per heavy atom. The fraction of sp³-hybridized carbons (Fsp3) is 0.667. The Bertz CT molecular complexity index is 442. The summed E-state index contributed by atoms with van der Waals surface area (Å²) in [6, 6.07) is 7.78. The maximum atomic E-state index is 11.7. The molecule has 0 spiro atoms. The molecule has 0 amide bonds. The van der Waals surface area contributed by atoms with E-state index >= 15 is 0 Å². The van der Waals surface area contributed by atoms with Crippen LogP contribution in [0.25, 0.3) is 0 Å². The number of carbonyl (C=O) groups excluding carboxylic acids is 1. The van der Waals surface area contributed by atoms with Gasteiger partial charge in [0.1, 0.15) is 5.75 Å². The van der Waals surface area contributed by atoms with Crippen molar-refractivity contribution in [1.82, 2.24) is 0 Å². The predicted octanol–water partition coefficient (Wildman–Crippen LogP) is 6.69. The van der Waals surface area contributed by atoms with Crippen LogP contribution in [0.15, 0.2) is 24.3 Å². The Kier molecular flexibility index (Phi) is 11.9. The number of ether oxygens (including phenoxy) is 2. The molecule has 0 atom stereocenters. The molecule has 0 saturated heterocycles. The first-order valence-corrected chi connectivity index (χ1v) is 9.70. The van der Waals surface area contributed by atoms with Crippen molar-refractivity contribution < 1.29 is 14.3 Å². The monoisotopic (exact) mass is 334 g/mol. The molecule has 0 saturated carbocycles. The molecule has 3 heteroatoms. The lowest BCUT2D eigenvalue weighted by Gasteiger charge is -2.10. The van der Waals surface area contributed by atoms with Crippen molar-refractivity contribution in [3.8, 4) is 5.75 Å². The normalized spacial score (nSPS) is 10.6. The third kappa shape index (κ3) is 9.59. The van der Waals surface area contributed by atoms with Gasteiger partial charge in [0, 0.05) is 0 Å². The van der Waals surface area contributed by atoms with Crippen LogP contribution in [0, 0.1) is 0 Å². The summed E-state index contributed by atoms with van der Waals surface area (Å²) in [5, 5.41) is 0. The van der Waals surface area contributed by atoms with Gasteiger partial charge in [-0.3, -0.25) is 0 Å². The summed E-state index contributed by atoms with van der Waals surface area (Å²) in [5.74, 6) is 0.641. The summed E-state index contributed by atoms with van der Waals surface area (Å²) in [5.41, 5.74) is 1.09. The van der Waals surface area contributed by atoms with Crippen LogP contribution in [0.2, 0.25) is 0 Å². The number of carbonyl (C=O) groups is 1. The molecule has 1 aromatic carbocycles. The quantitative estimate of drug-likeness (QED) is 0.229. The van der Waals surface area contributed by atoms with E-state index in [0.717, 1.165) is 31.2 Å². The highest BCUT2D eigenvalue weighted by Crippen LogP contribution is 2.21. The molecule has 1 aromatic rings. The van der Waals surface area contributed by atoms with Crippen molar-refractivity contribution in [2.45, 2.75) is 84.5 Å². The van der Waals surface area contributed by atoms with Crippen LogP contribution >= 0.6 is 0 Å². The van der Waals surface area contributed by atoms with E-state index in [1.807, 2.05) is 24.3 Å². The van der Waals surface area contributed by atoms with Crippen molar-refractivity contribution in [1.29, 1.82) is 0 Å². The third-order valence-electron chi connectivity index (χ3n) is 4.18. The second-order valence-corrected chi connectivity index (χ2v) is 6.39. The maximum absolute atomic E-state index is 11.7. The molecule has 0 aliphatic rings. The van der Waals surface area contributed by atoms with Crippen LogP contribution < -0.4 is 4.74 Å². The van der Waals surface area contributed by atoms with Crippen LogP contribution in [-0.4, -0.2) is 12.8 Å². The number of rotatable bonds is 13. The molecule has 24 heavy (non-hydrogen) atoms. The van der Waals surface area contributed by atoms with E-state index in [2.05, 4.69) is 13.8 Å². The van der Waals surface area contributed by atoms with E-state index in [-0.39, 0.29) is 0 Å². The third-order valence-corrected chi connectivity index (χ3v) is 4.18. The Labute approximate surface area is 147 Å². The number of para-hydroxylation sites is 1. The van der Waals surface area contributed by atoms with E-state index in [4.69, 9.17) is 9.47 Å². The average molecular weight is 335 g/mol. The molecule has 3 nitrogen and oxygen atoms in total. The first kappa shape index (κ1) is 20.5. The van der Waals surface area contributed by atoms with E-state index in [1.54, 1.807) is 0 Å². The summed E-state index contributed by atoms with van der Waals surface area (Å²) >= 11 is 0. The minimum Gasteiger partial charge on any atom is -0.434 e. The smallest absolute Gasteiger partial charge is 0.434 e. The maximum Gasteiger partial charge on any atom is 0.513 e. The highest BCUT2D eigenvalue weighted by molar-refractivity contribution is 5.64. The van der Waals surface area contributed by atoms with E-state index in [1.165, 1.54) is 44.9 Å². The minimum absolute atomic E-state index is 0.426. The minimum atomic E-state index is -0.591. The number of benzene rings is 1. The first-order chi connectivity index (χ1) is 11.8. The van der Waals surface area contributed by atoms with Gasteiger partial charge in [-0.1, -0.05) is 83.4 Å². The van der Waals surface area contributed by atoms with Gasteiger partial charge >= 0.3 is 6.16 Å². The fourth-order valence-electron chi connectivity index (χ4n) is 2.68. The van der Waals surface area contributed by atoms with Gasteiger partial charge in [0.05, 0.1) is 6.61 Å². The van der Waals surface area contributed by atoms with Gasteiger partial charge in [0.25, 0.3) is 0 Å². The van der Waals surface area contributed by atoms with Crippen molar-refractivity contribution >= 4 is 6.16 Å². The van der Waals surface area contributed by atoms with Crippen LogP contribution in [0.1, 0.15) is 83.6 Å². The number of hydrogen-bond acceptors (Lipinski definition) is 3. The first-order valence-electron chi connectivity index (χ1n) is 9.70. The van der Waals surface area contributed by atoms with Crippen LogP contribution in [-0.2, 0) is 11.2 Å². The lowest BCUT2D eigenvalue weighted by atomic mass is 10.0. The van der Waals surface area contributed by atoms with Crippen LogP contribution in [0.4, 0.5) is 4.79 Å². The van der Waals surface area contributed by atoms with Gasteiger partial charge < -0.3 is 9.47 Å². The van der Waals surface area contributed by atoms with Gasteiger partial charge in [-0.25, -0.2) is 4.79 Å². The second-order valence-electron chi connectivity index (χ2n) is 6.39. The number of unbranched alkanes of at least 4 members (excludes halogenated alkanes) is 8. The van der Waals surface area contributed by atoms with E-state index in [0.29, 0.717) is 12.4 Å². The van der Waals surface area contributed by atoms with Gasteiger partial charge in [-0.15, -0.1) is 0 Å². The Hall–Kier alpha value is -1.51. The topological polar surface area (TPSA) is 35.5 Å². The van der Waals surface area contributed by atoms with Gasteiger partial charge in [-0.2, -0.15) is 0 Å². The highest BCUT2D eigenvalue weighted by Gasteiger charge is 2.09. The SMILES string of the molecule is CCCCCCCCCCc1ccccc1OC(=O)OCCCC. The van der Waals surface area contributed by atoms with Gasteiger partial charge in [0.2, 0.25) is 0 Å². The molecule has 0 aromatic heterocycles. The summed E-state index contributed by atoms with van der Waals surface area (Å²) in [6.07, 6.45) is 12.6. The predicted molar refractivity (Wildman–Crippen MR) is 99.6 cm³/mol. The van der Waals surface area contributed by atoms with Gasteiger partial charge in [-0.05, 0) is 30.9 Å². The molecular weight excluding hydrogens is 300 g/mol. The number of hydrogen-bond donors (Lipinski definition) is 0. The summed E-state index contributed by atoms with van der Waals surface area (Å²) < 4.78 is 10.4. The van der Waals surface area contributed by atoms with Crippen LogP contribution in [0.5, 0.6) is 5.75 Å². The standard InChI is InChI=1S/C21H34O3/c1-3-5-7-8-9-10-11-12-15-19-16-13-14-17-20(19)24-21(22)23-18-6-4-2/h13-14,16-17H,3-12,15,18H2,1-2H3. The zero-order chi connectivity index (χ0) is 17.5. The van der Waals surface area contributed by atoms with E-state index < -0.39 is 6.16 Å². The van der Waals surface area contributed by atoms with Crippen molar-refractivity contribution in [2.75, 3.05) is 6.61 Å². The Morgan fingerprint density at radius 2 is 1.46 bits per heavy atom. The molecule has 0 N–H and O–H groups in total. The van der Waals surface area contributed by atoms with Crippen LogP contribution in [0.3, 0.4) is 0 Å². The lowest BCUT2D eigenvalue weighted by molar-refractivity contribution is 0.0975. The Balaban J connectivity index is 2.26. The molecule has 0 aliphatic heterocycles. The largest absolute Gasteiger partial charge is 0.513 e. The molecule has 0 bridgehead atoms. The molecule has 0 aliphatic carbocycles. The second kappa shape index (κ2) is 13.9. The van der Waals surface area contributed by atoms with Gasteiger partial charge in [0.15, 0.2) is 0 Å². The summed E-state index contributed by atoms with van der Waals surface area (Å²) in [6.45, 7) is 4.74. The fourth-order valence-corrected chi connectivity index (χ4v) is 2.68. The zero-order valence-corrected chi connectivity index (χ0v) is 15.5. The van der Waals surface area contributed by atoms with Crippen molar-refractivity contribution in [3.05, 3.63) is 29.8 Å². The highest BCUT2D eigenvalue weighted by atomic mass is 16.7. The lowest BCUT2D eigenvalue weighted by Crippen LogP contribution is -2.12. The molecule has 0 fully saturated rings. The van der Waals surface area contributed by atoms with Crippen molar-refractivity contribution in [3.63, 3.8) is 0 Å². The molecule has 0 radical (unpaired) electrons. The molecule has 1 rings (SSSR count). The molecule has 0 heterocycles. The van der Waals surface area contributed by atoms with E-state index in [9.17, 15) is 4.79 Å². The molecule has 0 unspecified atom stereocenters. The average Bonchev–Trinajstić information content (AvgIpc) is 2.59. The summed E-state index contributed by atoms with van der Waals surface area (Å²) in [4.78, 5) is 11.7. The zero-order valence-electron chi connectivity index (χ0n) is 15.5. The summed E-state index contributed by atoms with van der Waals surface area (Å²) in [7, 11) is 0.